The zero-order valence-corrected chi connectivity index (χ0v) is 20.2. The fourth-order valence-corrected chi connectivity index (χ4v) is 6.59. The number of rotatable bonds is 6. The third kappa shape index (κ3) is 5.55. The summed E-state index contributed by atoms with van der Waals surface area (Å²) in [6.45, 7) is 4.45. The highest BCUT2D eigenvalue weighted by Gasteiger charge is 2.35. The zero-order chi connectivity index (χ0) is 23.4. The van der Waals surface area contributed by atoms with E-state index in [-0.39, 0.29) is 30.5 Å². The van der Waals surface area contributed by atoms with Crippen LogP contribution in [0.5, 0.6) is 5.75 Å². The van der Waals surface area contributed by atoms with Crippen LogP contribution < -0.4 is 10.1 Å². The normalized spacial score (nSPS) is 24.2. The maximum Gasteiger partial charge on any atom is 0.243 e. The molecule has 0 bridgehead atoms. The van der Waals surface area contributed by atoms with Gasteiger partial charge >= 0.3 is 0 Å². The largest absolute Gasteiger partial charge is 0.490 e. The fourth-order valence-electron chi connectivity index (χ4n) is 4.77. The molecule has 0 unspecified atom stereocenters. The van der Waals surface area contributed by atoms with Crippen LogP contribution in [0.15, 0.2) is 47.6 Å². The third-order valence-corrected chi connectivity index (χ3v) is 8.91. The Kier molecular flexibility index (Phi) is 7.34. The summed E-state index contributed by atoms with van der Waals surface area (Å²) in [7, 11) is -3.62. The minimum atomic E-state index is -3.62. The van der Waals surface area contributed by atoms with Crippen molar-refractivity contribution < 1.29 is 17.9 Å². The Morgan fingerprint density at radius 2 is 1.79 bits per heavy atom. The van der Waals surface area contributed by atoms with Crippen LogP contribution in [0.1, 0.15) is 49.7 Å². The van der Waals surface area contributed by atoms with Gasteiger partial charge in [0.05, 0.1) is 16.9 Å². The molecule has 2 heterocycles. The van der Waals surface area contributed by atoms with Crippen LogP contribution in [0.25, 0.3) is 0 Å². The molecule has 7 nitrogen and oxygen atoms in total. The molecular formula is C25H33N3O4S. The SMILES string of the molecule is Cc1cccc(S(=O)(=O)N2CCC[C@H](C(=O)NC3CCC(Oc4ccncc4)CC3)C2)c1C. The molecule has 1 aliphatic heterocycles. The van der Waals surface area contributed by atoms with Crippen molar-refractivity contribution in [2.75, 3.05) is 13.1 Å². The molecule has 8 heteroatoms. The Morgan fingerprint density at radius 1 is 1.06 bits per heavy atom. The first-order chi connectivity index (χ1) is 15.8. The van der Waals surface area contributed by atoms with E-state index in [0.29, 0.717) is 24.3 Å². The van der Waals surface area contributed by atoms with Gasteiger partial charge in [0.1, 0.15) is 5.75 Å². The number of nitrogens with zero attached hydrogens (tertiary/aromatic N) is 2. The van der Waals surface area contributed by atoms with Gasteiger partial charge in [-0.25, -0.2) is 8.42 Å². The number of piperidine rings is 1. The van der Waals surface area contributed by atoms with Crippen LogP contribution in [-0.2, 0) is 14.8 Å². The van der Waals surface area contributed by atoms with Crippen LogP contribution in [0, 0.1) is 19.8 Å². The molecule has 1 saturated heterocycles. The highest BCUT2D eigenvalue weighted by atomic mass is 32.2. The van der Waals surface area contributed by atoms with E-state index in [1.54, 1.807) is 24.5 Å². The van der Waals surface area contributed by atoms with Gasteiger partial charge in [0, 0.05) is 31.5 Å². The fraction of sp³-hybridized carbons (Fsp3) is 0.520. The van der Waals surface area contributed by atoms with Gasteiger partial charge in [-0.1, -0.05) is 12.1 Å². The van der Waals surface area contributed by atoms with Gasteiger partial charge in [-0.3, -0.25) is 9.78 Å². The summed E-state index contributed by atoms with van der Waals surface area (Å²) >= 11 is 0. The number of aromatic nitrogens is 1. The van der Waals surface area contributed by atoms with E-state index < -0.39 is 10.0 Å². The number of pyridine rings is 1. The van der Waals surface area contributed by atoms with Crippen LogP contribution >= 0.6 is 0 Å². The number of hydrogen-bond acceptors (Lipinski definition) is 5. The van der Waals surface area contributed by atoms with Crippen LogP contribution in [-0.4, -0.2) is 48.8 Å². The van der Waals surface area contributed by atoms with E-state index in [9.17, 15) is 13.2 Å². The maximum atomic E-state index is 13.3. The van der Waals surface area contributed by atoms with Crippen LogP contribution in [0.2, 0.25) is 0 Å². The van der Waals surface area contributed by atoms with Gasteiger partial charge in [-0.15, -0.1) is 0 Å². The molecule has 33 heavy (non-hydrogen) atoms. The molecule has 2 aliphatic rings. The molecule has 1 N–H and O–H groups in total. The number of hydrogen-bond donors (Lipinski definition) is 1. The predicted octanol–water partition coefficient (Wildman–Crippen LogP) is 3.61. The van der Waals surface area contributed by atoms with E-state index in [2.05, 4.69) is 10.3 Å². The summed E-state index contributed by atoms with van der Waals surface area (Å²) in [6.07, 6.45) is 8.46. The molecule has 0 radical (unpaired) electrons. The molecule has 1 aromatic carbocycles. The maximum absolute atomic E-state index is 13.3. The molecule has 1 saturated carbocycles. The monoisotopic (exact) mass is 471 g/mol. The van der Waals surface area contributed by atoms with Crippen molar-refractivity contribution in [3.63, 3.8) is 0 Å². The lowest BCUT2D eigenvalue weighted by Crippen LogP contribution is -2.48. The van der Waals surface area contributed by atoms with E-state index in [4.69, 9.17) is 4.74 Å². The third-order valence-electron chi connectivity index (χ3n) is 6.90. The number of aryl methyl sites for hydroxylation is 1. The number of carbonyl (C=O) groups is 1. The number of amides is 1. The second-order valence-corrected chi connectivity index (χ2v) is 11.1. The second kappa shape index (κ2) is 10.2. The molecule has 2 aromatic rings. The van der Waals surface area contributed by atoms with Crippen molar-refractivity contribution in [3.8, 4) is 5.75 Å². The average molecular weight is 472 g/mol. The van der Waals surface area contributed by atoms with Gasteiger partial charge in [-0.05, 0) is 81.7 Å². The summed E-state index contributed by atoms with van der Waals surface area (Å²) in [4.78, 5) is 17.3. The lowest BCUT2D eigenvalue weighted by molar-refractivity contribution is -0.127. The van der Waals surface area contributed by atoms with E-state index >= 15 is 0 Å². The molecule has 1 aliphatic carbocycles. The van der Waals surface area contributed by atoms with Gasteiger partial charge in [0.25, 0.3) is 0 Å². The first kappa shape index (κ1) is 23.7. The molecule has 1 atom stereocenters. The Bertz CT molecular complexity index is 1070. The van der Waals surface area contributed by atoms with Crippen molar-refractivity contribution in [1.29, 1.82) is 0 Å². The summed E-state index contributed by atoms with van der Waals surface area (Å²) in [5, 5.41) is 3.18. The Balaban J connectivity index is 1.31. The van der Waals surface area contributed by atoms with Crippen LogP contribution in [0.3, 0.4) is 0 Å². The van der Waals surface area contributed by atoms with E-state index in [1.807, 2.05) is 32.0 Å². The Morgan fingerprint density at radius 3 is 2.52 bits per heavy atom. The average Bonchev–Trinajstić information content (AvgIpc) is 2.83. The summed E-state index contributed by atoms with van der Waals surface area (Å²) < 4.78 is 34.1. The molecule has 4 rings (SSSR count). The lowest BCUT2D eigenvalue weighted by atomic mass is 9.91. The summed E-state index contributed by atoms with van der Waals surface area (Å²) in [5.74, 6) is 0.476. The quantitative estimate of drug-likeness (QED) is 0.695. The number of benzene rings is 1. The van der Waals surface area contributed by atoms with Gasteiger partial charge < -0.3 is 10.1 Å². The second-order valence-electron chi connectivity index (χ2n) is 9.18. The van der Waals surface area contributed by atoms with E-state index in [0.717, 1.165) is 42.6 Å². The Labute approximate surface area is 196 Å². The smallest absolute Gasteiger partial charge is 0.243 e. The first-order valence-electron chi connectivity index (χ1n) is 11.8. The first-order valence-corrected chi connectivity index (χ1v) is 13.2. The number of carbonyl (C=O) groups excluding carboxylic acids is 1. The van der Waals surface area contributed by atoms with Crippen molar-refractivity contribution in [3.05, 3.63) is 53.9 Å². The standard InChI is InChI=1S/C25H33N3O4S/c1-18-5-3-7-24(19(18)2)33(30,31)28-16-4-6-20(17-28)25(29)27-21-8-10-22(11-9-21)32-23-12-14-26-15-13-23/h3,5,7,12-15,20-22H,4,6,8-11,16-17H2,1-2H3,(H,27,29)/t20-,21?,22?/m0/s1. The number of sulfonamides is 1. The van der Waals surface area contributed by atoms with Gasteiger partial charge in [0.15, 0.2) is 0 Å². The van der Waals surface area contributed by atoms with Gasteiger partial charge in [-0.2, -0.15) is 4.31 Å². The molecule has 1 aromatic heterocycles. The molecule has 2 fully saturated rings. The van der Waals surface area contributed by atoms with Crippen molar-refractivity contribution in [2.24, 2.45) is 5.92 Å². The highest BCUT2D eigenvalue weighted by Crippen LogP contribution is 2.28. The zero-order valence-electron chi connectivity index (χ0n) is 19.4. The van der Waals surface area contributed by atoms with Crippen molar-refractivity contribution >= 4 is 15.9 Å². The molecule has 0 spiro atoms. The Hall–Kier alpha value is -2.45. The van der Waals surface area contributed by atoms with Crippen molar-refractivity contribution in [1.82, 2.24) is 14.6 Å². The van der Waals surface area contributed by atoms with Gasteiger partial charge in [0.2, 0.25) is 15.9 Å². The minimum absolute atomic E-state index is 0.0330. The minimum Gasteiger partial charge on any atom is -0.490 e. The summed E-state index contributed by atoms with van der Waals surface area (Å²) in [5.41, 5.74) is 1.72. The van der Waals surface area contributed by atoms with Crippen LogP contribution in [0.4, 0.5) is 0 Å². The van der Waals surface area contributed by atoms with Crippen molar-refractivity contribution in [2.45, 2.75) is 69.4 Å². The molecule has 1 amide bonds. The summed E-state index contributed by atoms with van der Waals surface area (Å²) in [6, 6.07) is 9.17. The number of nitrogens with one attached hydrogen (secondary N) is 1. The topological polar surface area (TPSA) is 88.6 Å². The number of ether oxygens (including phenoxy) is 1. The predicted molar refractivity (Wildman–Crippen MR) is 126 cm³/mol. The molecule has 178 valence electrons. The lowest BCUT2D eigenvalue weighted by Gasteiger charge is -2.34. The van der Waals surface area contributed by atoms with E-state index in [1.165, 1.54) is 4.31 Å². The highest BCUT2D eigenvalue weighted by molar-refractivity contribution is 7.89. The molecular weight excluding hydrogens is 438 g/mol.